The van der Waals surface area contributed by atoms with Crippen molar-refractivity contribution in [3.63, 3.8) is 0 Å². The van der Waals surface area contributed by atoms with Crippen LogP contribution in [-0.2, 0) is 14.3 Å². The number of rotatable bonds is 12. The summed E-state index contributed by atoms with van der Waals surface area (Å²) in [4.78, 5) is 35.9. The van der Waals surface area contributed by atoms with Gasteiger partial charge in [0.1, 0.15) is 17.9 Å². The zero-order chi connectivity index (χ0) is 19.4. The van der Waals surface area contributed by atoms with E-state index in [2.05, 4.69) is 11.7 Å². The summed E-state index contributed by atoms with van der Waals surface area (Å²) in [5.74, 6) is -1.30. The van der Waals surface area contributed by atoms with Gasteiger partial charge in [-0.25, -0.2) is 9.59 Å². The SMILES string of the molecule is CCCCCCCCC(=O)COc1cccc(C(=O)OC)c1C(=O)OC. The van der Waals surface area contributed by atoms with E-state index in [9.17, 15) is 14.4 Å². The van der Waals surface area contributed by atoms with Gasteiger partial charge in [0.2, 0.25) is 0 Å². The Morgan fingerprint density at radius 2 is 1.54 bits per heavy atom. The number of carbonyl (C=O) groups is 3. The lowest BCUT2D eigenvalue weighted by Gasteiger charge is -2.12. The first-order valence-corrected chi connectivity index (χ1v) is 8.99. The third-order valence-corrected chi connectivity index (χ3v) is 4.02. The van der Waals surface area contributed by atoms with E-state index in [-0.39, 0.29) is 29.3 Å². The maximum absolute atomic E-state index is 12.0. The lowest BCUT2D eigenvalue weighted by Crippen LogP contribution is -2.17. The van der Waals surface area contributed by atoms with Crippen molar-refractivity contribution in [2.24, 2.45) is 0 Å². The summed E-state index contributed by atoms with van der Waals surface area (Å²) in [5, 5.41) is 0. The Kier molecular flexibility index (Phi) is 10.1. The molecule has 0 saturated carbocycles. The largest absolute Gasteiger partial charge is 0.485 e. The summed E-state index contributed by atoms with van der Waals surface area (Å²) in [5.41, 5.74) is 0.00874. The number of esters is 2. The molecule has 1 rings (SSSR count). The highest BCUT2D eigenvalue weighted by atomic mass is 16.5. The van der Waals surface area contributed by atoms with Crippen LogP contribution >= 0.6 is 0 Å². The fourth-order valence-electron chi connectivity index (χ4n) is 2.58. The highest BCUT2D eigenvalue weighted by Crippen LogP contribution is 2.24. The minimum absolute atomic E-state index is 0.0331. The van der Waals surface area contributed by atoms with E-state index in [1.54, 1.807) is 6.07 Å². The highest BCUT2D eigenvalue weighted by Gasteiger charge is 2.23. The second kappa shape index (κ2) is 12.1. The van der Waals surface area contributed by atoms with Crippen molar-refractivity contribution >= 4 is 17.7 Å². The molecular formula is C20H28O6. The van der Waals surface area contributed by atoms with Crippen molar-refractivity contribution in [1.82, 2.24) is 0 Å². The minimum atomic E-state index is -0.718. The highest BCUT2D eigenvalue weighted by molar-refractivity contribution is 6.05. The van der Waals surface area contributed by atoms with E-state index in [0.717, 1.165) is 19.3 Å². The standard InChI is InChI=1S/C20H28O6/c1-4-5-6-7-8-9-11-15(21)14-26-17-13-10-12-16(19(22)24-2)18(17)20(23)25-3/h10,12-13H,4-9,11,14H2,1-3H3. The number of ether oxygens (including phenoxy) is 3. The molecule has 0 atom stereocenters. The summed E-state index contributed by atoms with van der Waals surface area (Å²) < 4.78 is 14.9. The first-order valence-electron chi connectivity index (χ1n) is 8.99. The predicted molar refractivity (Wildman–Crippen MR) is 97.6 cm³/mol. The molecule has 0 heterocycles. The summed E-state index contributed by atoms with van der Waals surface area (Å²) in [6, 6.07) is 4.53. The number of ketones is 1. The molecular weight excluding hydrogens is 336 g/mol. The van der Waals surface area contributed by atoms with E-state index >= 15 is 0 Å². The molecule has 0 saturated heterocycles. The van der Waals surface area contributed by atoms with Gasteiger partial charge in [0, 0.05) is 6.42 Å². The minimum Gasteiger partial charge on any atom is -0.485 e. The number of carbonyl (C=O) groups excluding carboxylic acids is 3. The quantitative estimate of drug-likeness (QED) is 0.413. The maximum atomic E-state index is 12.0. The monoisotopic (exact) mass is 364 g/mol. The van der Waals surface area contributed by atoms with Gasteiger partial charge >= 0.3 is 11.9 Å². The van der Waals surface area contributed by atoms with Crippen molar-refractivity contribution in [1.29, 1.82) is 0 Å². The Morgan fingerprint density at radius 3 is 2.19 bits per heavy atom. The molecule has 0 radical (unpaired) electrons. The van der Waals surface area contributed by atoms with Crippen molar-refractivity contribution in [2.75, 3.05) is 20.8 Å². The van der Waals surface area contributed by atoms with E-state index in [4.69, 9.17) is 9.47 Å². The number of unbranched alkanes of at least 4 members (excludes halogenated alkanes) is 5. The van der Waals surface area contributed by atoms with Gasteiger partial charge < -0.3 is 14.2 Å². The van der Waals surface area contributed by atoms with Crippen LogP contribution in [0.5, 0.6) is 5.75 Å². The number of hydrogen-bond acceptors (Lipinski definition) is 6. The summed E-state index contributed by atoms with van der Waals surface area (Å²) in [6.45, 7) is 2.02. The number of Topliss-reactive ketones (excluding diaryl/α,β-unsaturated/α-hetero) is 1. The van der Waals surface area contributed by atoms with Crippen LogP contribution in [0.15, 0.2) is 18.2 Å². The van der Waals surface area contributed by atoms with Gasteiger partial charge in [0.25, 0.3) is 0 Å². The molecule has 0 fully saturated rings. The lowest BCUT2D eigenvalue weighted by molar-refractivity contribution is -0.121. The van der Waals surface area contributed by atoms with Crippen molar-refractivity contribution in [2.45, 2.75) is 51.9 Å². The van der Waals surface area contributed by atoms with E-state index in [0.29, 0.717) is 6.42 Å². The van der Waals surface area contributed by atoms with Crippen LogP contribution < -0.4 is 4.74 Å². The van der Waals surface area contributed by atoms with Crippen LogP contribution in [0.4, 0.5) is 0 Å². The molecule has 0 unspecified atom stereocenters. The molecule has 6 nitrogen and oxygen atoms in total. The first-order chi connectivity index (χ1) is 12.5. The molecule has 0 aliphatic carbocycles. The van der Waals surface area contributed by atoms with Gasteiger partial charge in [-0.3, -0.25) is 4.79 Å². The Hall–Kier alpha value is -2.37. The smallest absolute Gasteiger partial charge is 0.342 e. The number of benzene rings is 1. The molecule has 0 aromatic heterocycles. The van der Waals surface area contributed by atoms with E-state index in [1.807, 2.05) is 0 Å². The zero-order valence-corrected chi connectivity index (χ0v) is 15.8. The molecule has 0 aliphatic rings. The molecule has 0 bridgehead atoms. The third-order valence-electron chi connectivity index (χ3n) is 4.02. The van der Waals surface area contributed by atoms with Gasteiger partial charge in [-0.15, -0.1) is 0 Å². The molecule has 1 aromatic carbocycles. The molecule has 0 N–H and O–H groups in total. The van der Waals surface area contributed by atoms with Gasteiger partial charge in [-0.2, -0.15) is 0 Å². The van der Waals surface area contributed by atoms with Crippen molar-refractivity contribution < 1.29 is 28.6 Å². The van der Waals surface area contributed by atoms with Gasteiger partial charge in [0.05, 0.1) is 19.8 Å². The van der Waals surface area contributed by atoms with Gasteiger partial charge in [-0.1, -0.05) is 45.1 Å². The lowest BCUT2D eigenvalue weighted by atomic mass is 10.1. The Morgan fingerprint density at radius 1 is 0.885 bits per heavy atom. The fraction of sp³-hybridized carbons (Fsp3) is 0.550. The fourth-order valence-corrected chi connectivity index (χ4v) is 2.58. The Labute approximate surface area is 154 Å². The Bertz CT molecular complexity index is 608. The first kappa shape index (κ1) is 21.7. The van der Waals surface area contributed by atoms with E-state index < -0.39 is 11.9 Å². The normalized spacial score (nSPS) is 10.3. The summed E-state index contributed by atoms with van der Waals surface area (Å²) in [6.07, 6.45) is 7.05. The molecule has 0 amide bonds. The molecule has 0 aliphatic heterocycles. The third kappa shape index (κ3) is 6.86. The van der Waals surface area contributed by atoms with Crippen LogP contribution in [0, 0.1) is 0 Å². The van der Waals surface area contributed by atoms with Crippen LogP contribution in [0.2, 0.25) is 0 Å². The number of methoxy groups -OCH3 is 2. The van der Waals surface area contributed by atoms with Crippen LogP contribution in [0.25, 0.3) is 0 Å². The topological polar surface area (TPSA) is 78.9 Å². The average molecular weight is 364 g/mol. The second-order valence-electron chi connectivity index (χ2n) is 6.01. The average Bonchev–Trinajstić information content (AvgIpc) is 2.67. The van der Waals surface area contributed by atoms with Crippen LogP contribution in [0.3, 0.4) is 0 Å². The molecule has 26 heavy (non-hydrogen) atoms. The number of hydrogen-bond donors (Lipinski definition) is 0. The van der Waals surface area contributed by atoms with Gasteiger partial charge in [-0.05, 0) is 18.6 Å². The second-order valence-corrected chi connectivity index (χ2v) is 6.01. The molecule has 1 aromatic rings. The van der Waals surface area contributed by atoms with Crippen LogP contribution in [-0.4, -0.2) is 38.5 Å². The van der Waals surface area contributed by atoms with Crippen LogP contribution in [0.1, 0.15) is 72.6 Å². The molecule has 6 heteroatoms. The van der Waals surface area contributed by atoms with Crippen molar-refractivity contribution in [3.8, 4) is 5.75 Å². The summed E-state index contributed by atoms with van der Waals surface area (Å²) in [7, 11) is 2.44. The van der Waals surface area contributed by atoms with E-state index in [1.165, 1.54) is 45.6 Å². The van der Waals surface area contributed by atoms with Gasteiger partial charge in [0.15, 0.2) is 5.78 Å². The van der Waals surface area contributed by atoms with Crippen molar-refractivity contribution in [3.05, 3.63) is 29.3 Å². The molecule has 0 spiro atoms. The summed E-state index contributed by atoms with van der Waals surface area (Å²) >= 11 is 0. The zero-order valence-electron chi connectivity index (χ0n) is 15.8. The Balaban J connectivity index is 2.65. The molecule has 144 valence electrons. The predicted octanol–water partition coefficient (Wildman–Crippen LogP) is 3.96. The maximum Gasteiger partial charge on any atom is 0.342 e.